The molecule has 0 saturated carbocycles. The van der Waals surface area contributed by atoms with Gasteiger partial charge in [0.05, 0.1) is 0 Å². The Labute approximate surface area is 114 Å². The number of tetrazole rings is 1. The highest BCUT2D eigenvalue weighted by atomic mass is 35.5. The molecule has 0 amide bonds. The van der Waals surface area contributed by atoms with Gasteiger partial charge in [-0.05, 0) is 33.7 Å². The van der Waals surface area contributed by atoms with E-state index >= 15 is 0 Å². The van der Waals surface area contributed by atoms with Crippen LogP contribution >= 0.6 is 11.6 Å². The first-order chi connectivity index (χ1) is 9.35. The quantitative estimate of drug-likeness (QED) is 0.736. The normalized spacial score (nSPS) is 10.8. The lowest BCUT2D eigenvalue weighted by Gasteiger charge is -2.05. The molecule has 2 heterocycles. The first-order valence-corrected chi connectivity index (χ1v) is 6.32. The molecule has 19 heavy (non-hydrogen) atoms. The molecule has 7 heteroatoms. The van der Waals surface area contributed by atoms with Crippen molar-refractivity contribution in [1.82, 2.24) is 25.3 Å². The molecule has 2 aromatic heterocycles. The van der Waals surface area contributed by atoms with Crippen molar-refractivity contribution in [1.29, 1.82) is 0 Å². The largest absolute Gasteiger partial charge is 0.365 e. The zero-order valence-electron chi connectivity index (χ0n) is 9.99. The minimum absolute atomic E-state index is 0.533. The SMILES string of the molecule is ClCc1ccc(CNc2ccc3nnnn3n2)cc1. The average molecular weight is 275 g/mol. The highest BCUT2D eigenvalue weighted by molar-refractivity contribution is 6.17. The van der Waals surface area contributed by atoms with Gasteiger partial charge in [-0.15, -0.1) is 26.4 Å². The van der Waals surface area contributed by atoms with E-state index in [0.29, 0.717) is 18.1 Å². The Balaban J connectivity index is 1.70. The van der Waals surface area contributed by atoms with Crippen LogP contribution in [0.25, 0.3) is 5.65 Å². The number of hydrogen-bond acceptors (Lipinski definition) is 5. The molecule has 3 aromatic rings. The van der Waals surface area contributed by atoms with Crippen molar-refractivity contribution in [3.63, 3.8) is 0 Å². The molecule has 0 saturated heterocycles. The molecule has 1 N–H and O–H groups in total. The van der Waals surface area contributed by atoms with Gasteiger partial charge in [0.2, 0.25) is 0 Å². The highest BCUT2D eigenvalue weighted by Gasteiger charge is 2.00. The standard InChI is InChI=1S/C12H11ClN6/c13-7-9-1-3-10(4-2-9)8-14-11-5-6-12-15-17-18-19(12)16-11/h1-6H,7-8H2,(H,14,16). The third-order valence-electron chi connectivity index (χ3n) is 2.72. The summed E-state index contributed by atoms with van der Waals surface area (Å²) in [5.41, 5.74) is 2.89. The molecule has 0 aliphatic carbocycles. The Bertz CT molecular complexity index is 678. The van der Waals surface area contributed by atoms with Crippen LogP contribution in [-0.2, 0) is 12.4 Å². The van der Waals surface area contributed by atoms with Crippen LogP contribution in [0.15, 0.2) is 36.4 Å². The number of benzene rings is 1. The summed E-state index contributed by atoms with van der Waals surface area (Å²) >= 11 is 5.75. The lowest BCUT2D eigenvalue weighted by Crippen LogP contribution is -2.04. The molecule has 0 unspecified atom stereocenters. The average Bonchev–Trinajstić information content (AvgIpc) is 2.93. The van der Waals surface area contributed by atoms with E-state index in [1.54, 1.807) is 0 Å². The minimum atomic E-state index is 0.533. The van der Waals surface area contributed by atoms with Crippen molar-refractivity contribution >= 4 is 23.1 Å². The number of hydrogen-bond donors (Lipinski definition) is 1. The van der Waals surface area contributed by atoms with Gasteiger partial charge in [0.15, 0.2) is 5.65 Å². The van der Waals surface area contributed by atoms with Crippen LogP contribution in [0.1, 0.15) is 11.1 Å². The molecule has 3 rings (SSSR count). The smallest absolute Gasteiger partial charge is 0.200 e. The van der Waals surface area contributed by atoms with E-state index in [-0.39, 0.29) is 0 Å². The summed E-state index contributed by atoms with van der Waals surface area (Å²) in [6, 6.07) is 11.8. The fraction of sp³-hybridized carbons (Fsp3) is 0.167. The fourth-order valence-electron chi connectivity index (χ4n) is 1.68. The van der Waals surface area contributed by atoms with Crippen molar-refractivity contribution < 1.29 is 0 Å². The van der Waals surface area contributed by atoms with Crippen molar-refractivity contribution in [2.45, 2.75) is 12.4 Å². The molecule has 0 aliphatic heterocycles. The molecule has 0 spiro atoms. The number of nitrogens with one attached hydrogen (secondary N) is 1. The molecular formula is C12H11ClN6. The fourth-order valence-corrected chi connectivity index (χ4v) is 1.86. The molecule has 1 aromatic carbocycles. The van der Waals surface area contributed by atoms with Crippen LogP contribution in [0.5, 0.6) is 0 Å². The number of anilines is 1. The zero-order valence-corrected chi connectivity index (χ0v) is 10.7. The van der Waals surface area contributed by atoms with E-state index in [1.807, 2.05) is 36.4 Å². The first kappa shape index (κ1) is 11.9. The second kappa shape index (κ2) is 5.19. The molecule has 96 valence electrons. The van der Waals surface area contributed by atoms with Gasteiger partial charge in [-0.3, -0.25) is 0 Å². The van der Waals surface area contributed by atoms with Crippen molar-refractivity contribution in [3.05, 3.63) is 47.5 Å². The third kappa shape index (κ3) is 2.63. The Morgan fingerprint density at radius 3 is 2.63 bits per heavy atom. The summed E-state index contributed by atoms with van der Waals surface area (Å²) in [5, 5.41) is 18.5. The van der Waals surface area contributed by atoms with Gasteiger partial charge in [0.1, 0.15) is 5.82 Å². The summed E-state index contributed by atoms with van der Waals surface area (Å²) in [7, 11) is 0. The lowest BCUT2D eigenvalue weighted by atomic mass is 10.1. The van der Waals surface area contributed by atoms with Gasteiger partial charge in [0.25, 0.3) is 0 Å². The Morgan fingerprint density at radius 2 is 1.84 bits per heavy atom. The maximum atomic E-state index is 5.75. The number of rotatable bonds is 4. The summed E-state index contributed by atoms with van der Waals surface area (Å²) < 4.78 is 1.39. The lowest BCUT2D eigenvalue weighted by molar-refractivity contribution is 0.734. The van der Waals surface area contributed by atoms with E-state index in [1.165, 1.54) is 4.63 Å². The van der Waals surface area contributed by atoms with Crippen LogP contribution in [-0.4, -0.2) is 25.3 Å². The topological polar surface area (TPSA) is 68.0 Å². The van der Waals surface area contributed by atoms with Crippen molar-refractivity contribution in [3.8, 4) is 0 Å². The van der Waals surface area contributed by atoms with Crippen molar-refractivity contribution in [2.24, 2.45) is 0 Å². The predicted molar refractivity (Wildman–Crippen MR) is 71.9 cm³/mol. The second-order valence-electron chi connectivity index (χ2n) is 4.05. The molecular weight excluding hydrogens is 264 g/mol. The van der Waals surface area contributed by atoms with E-state index in [0.717, 1.165) is 16.9 Å². The highest BCUT2D eigenvalue weighted by Crippen LogP contribution is 2.09. The number of aromatic nitrogens is 5. The van der Waals surface area contributed by atoms with Gasteiger partial charge < -0.3 is 5.32 Å². The van der Waals surface area contributed by atoms with Gasteiger partial charge >= 0.3 is 0 Å². The van der Waals surface area contributed by atoms with E-state index in [2.05, 4.69) is 25.9 Å². The number of fused-ring (bicyclic) bond motifs is 1. The predicted octanol–water partition coefficient (Wildman–Crippen LogP) is 1.87. The van der Waals surface area contributed by atoms with Gasteiger partial charge in [-0.1, -0.05) is 24.3 Å². The Kier molecular flexibility index (Phi) is 3.24. The second-order valence-corrected chi connectivity index (χ2v) is 4.32. The molecule has 6 nitrogen and oxygen atoms in total. The summed E-state index contributed by atoms with van der Waals surface area (Å²) in [6.45, 7) is 0.684. The number of halogens is 1. The Morgan fingerprint density at radius 1 is 1.05 bits per heavy atom. The van der Waals surface area contributed by atoms with E-state index in [9.17, 15) is 0 Å². The molecule has 0 radical (unpaired) electrons. The molecule has 0 bridgehead atoms. The molecule has 0 atom stereocenters. The van der Waals surface area contributed by atoms with E-state index < -0.39 is 0 Å². The van der Waals surface area contributed by atoms with Gasteiger partial charge in [0, 0.05) is 12.4 Å². The zero-order chi connectivity index (χ0) is 13.1. The maximum Gasteiger partial charge on any atom is 0.200 e. The van der Waals surface area contributed by atoms with Crippen LogP contribution in [0, 0.1) is 0 Å². The summed E-state index contributed by atoms with van der Waals surface area (Å²) in [5.74, 6) is 1.26. The monoisotopic (exact) mass is 274 g/mol. The van der Waals surface area contributed by atoms with Crippen LogP contribution in [0.3, 0.4) is 0 Å². The van der Waals surface area contributed by atoms with Crippen LogP contribution in [0.4, 0.5) is 5.82 Å². The molecule has 0 fully saturated rings. The Hall–Kier alpha value is -2.21. The van der Waals surface area contributed by atoms with Gasteiger partial charge in [-0.25, -0.2) is 0 Å². The van der Waals surface area contributed by atoms with Crippen LogP contribution in [0.2, 0.25) is 0 Å². The van der Waals surface area contributed by atoms with Crippen molar-refractivity contribution in [2.75, 3.05) is 5.32 Å². The third-order valence-corrected chi connectivity index (χ3v) is 3.03. The van der Waals surface area contributed by atoms with E-state index in [4.69, 9.17) is 11.6 Å². The van der Waals surface area contributed by atoms with Gasteiger partial charge in [-0.2, -0.15) is 0 Å². The maximum absolute atomic E-state index is 5.75. The number of nitrogens with zero attached hydrogens (tertiary/aromatic N) is 5. The molecule has 0 aliphatic rings. The summed E-state index contributed by atoms with van der Waals surface area (Å²) in [4.78, 5) is 0. The first-order valence-electron chi connectivity index (χ1n) is 5.78. The summed E-state index contributed by atoms with van der Waals surface area (Å²) in [6.07, 6.45) is 0. The minimum Gasteiger partial charge on any atom is -0.365 e. The number of alkyl halides is 1. The van der Waals surface area contributed by atoms with Crippen LogP contribution < -0.4 is 5.32 Å².